The van der Waals surface area contributed by atoms with Crippen LogP contribution in [0.15, 0.2) is 23.4 Å². The molecule has 0 saturated heterocycles. The Bertz CT molecular complexity index is 251. The van der Waals surface area contributed by atoms with Crippen LogP contribution in [-0.4, -0.2) is 5.78 Å². The Labute approximate surface area is 73.1 Å². The highest BCUT2D eigenvalue weighted by atomic mass is 16.1. The van der Waals surface area contributed by atoms with Crippen LogP contribution in [-0.2, 0) is 4.79 Å². The lowest BCUT2D eigenvalue weighted by molar-refractivity contribution is -0.118. The number of carbonyl (C=O) groups excluding carboxylic acids is 1. The van der Waals surface area contributed by atoms with Crippen molar-refractivity contribution in [3.8, 4) is 0 Å². The molecule has 1 unspecified atom stereocenters. The van der Waals surface area contributed by atoms with Gasteiger partial charge < -0.3 is 5.73 Å². The van der Waals surface area contributed by atoms with E-state index in [9.17, 15) is 4.79 Å². The maximum absolute atomic E-state index is 11.5. The molecule has 0 fully saturated rings. The SMILES string of the molecule is CCC1=C(N)C(=O)C(CC)C=C1. The molecule has 0 aromatic rings. The topological polar surface area (TPSA) is 43.1 Å². The molecule has 0 heterocycles. The van der Waals surface area contributed by atoms with Gasteiger partial charge in [0.25, 0.3) is 0 Å². The Balaban J connectivity index is 2.91. The Hall–Kier alpha value is -1.05. The smallest absolute Gasteiger partial charge is 0.185 e. The molecule has 0 bridgehead atoms. The first-order valence-electron chi connectivity index (χ1n) is 4.41. The third-order valence-corrected chi connectivity index (χ3v) is 2.30. The van der Waals surface area contributed by atoms with Gasteiger partial charge in [0.1, 0.15) is 0 Å². The third-order valence-electron chi connectivity index (χ3n) is 2.30. The zero-order chi connectivity index (χ0) is 9.14. The quantitative estimate of drug-likeness (QED) is 0.677. The molecule has 1 rings (SSSR count). The number of rotatable bonds is 2. The molecule has 66 valence electrons. The highest BCUT2D eigenvalue weighted by Crippen LogP contribution is 2.20. The van der Waals surface area contributed by atoms with Crippen LogP contribution in [0.25, 0.3) is 0 Å². The second-order valence-electron chi connectivity index (χ2n) is 3.03. The summed E-state index contributed by atoms with van der Waals surface area (Å²) in [6.07, 6.45) is 5.61. The van der Waals surface area contributed by atoms with E-state index in [2.05, 4.69) is 0 Å². The summed E-state index contributed by atoms with van der Waals surface area (Å²) in [5.41, 5.74) is 7.12. The summed E-state index contributed by atoms with van der Waals surface area (Å²) in [6, 6.07) is 0. The van der Waals surface area contributed by atoms with Crippen LogP contribution in [0, 0.1) is 5.92 Å². The summed E-state index contributed by atoms with van der Waals surface area (Å²) in [7, 11) is 0. The van der Waals surface area contributed by atoms with Crippen LogP contribution < -0.4 is 5.73 Å². The maximum atomic E-state index is 11.5. The van der Waals surface area contributed by atoms with Crippen molar-refractivity contribution in [3.05, 3.63) is 23.4 Å². The van der Waals surface area contributed by atoms with Crippen molar-refractivity contribution in [2.75, 3.05) is 0 Å². The molecule has 0 radical (unpaired) electrons. The lowest BCUT2D eigenvalue weighted by Gasteiger charge is -2.16. The first kappa shape index (κ1) is 9.04. The number of hydrogen-bond donors (Lipinski definition) is 1. The van der Waals surface area contributed by atoms with Crippen LogP contribution >= 0.6 is 0 Å². The molecule has 0 aliphatic heterocycles. The van der Waals surface area contributed by atoms with Crippen LogP contribution in [0.3, 0.4) is 0 Å². The van der Waals surface area contributed by atoms with E-state index >= 15 is 0 Å². The predicted molar refractivity (Wildman–Crippen MR) is 49.4 cm³/mol. The van der Waals surface area contributed by atoms with Crippen molar-refractivity contribution in [1.29, 1.82) is 0 Å². The van der Waals surface area contributed by atoms with Crippen LogP contribution in [0.4, 0.5) is 0 Å². The van der Waals surface area contributed by atoms with Gasteiger partial charge in [0.05, 0.1) is 5.70 Å². The Morgan fingerprint density at radius 2 is 2.17 bits per heavy atom. The summed E-state index contributed by atoms with van der Waals surface area (Å²) in [5.74, 6) is 0.108. The highest BCUT2D eigenvalue weighted by Gasteiger charge is 2.21. The lowest BCUT2D eigenvalue weighted by Crippen LogP contribution is -2.23. The average Bonchev–Trinajstić information content (AvgIpc) is 2.10. The predicted octanol–water partition coefficient (Wildman–Crippen LogP) is 1.77. The Morgan fingerprint density at radius 3 is 2.67 bits per heavy atom. The molecule has 0 spiro atoms. The molecule has 0 aromatic carbocycles. The number of allylic oxidation sites excluding steroid dienone is 4. The van der Waals surface area contributed by atoms with Gasteiger partial charge in [-0.1, -0.05) is 26.0 Å². The standard InChI is InChI=1S/C10H15NO/c1-3-7-5-6-8(4-2)10(12)9(7)11/h5-6,8H,3-4,11H2,1-2H3. The summed E-state index contributed by atoms with van der Waals surface area (Å²) in [5, 5.41) is 0. The van der Waals surface area contributed by atoms with Crippen molar-refractivity contribution in [1.82, 2.24) is 0 Å². The molecule has 1 aliphatic rings. The monoisotopic (exact) mass is 165 g/mol. The van der Waals surface area contributed by atoms with E-state index in [0.29, 0.717) is 5.70 Å². The van der Waals surface area contributed by atoms with E-state index in [4.69, 9.17) is 5.73 Å². The molecular weight excluding hydrogens is 150 g/mol. The summed E-state index contributed by atoms with van der Waals surface area (Å²) in [6.45, 7) is 4.00. The molecule has 1 atom stereocenters. The van der Waals surface area contributed by atoms with Gasteiger partial charge in [-0.3, -0.25) is 4.79 Å². The number of Topliss-reactive ketones (excluding diaryl/α,β-unsaturated/α-hetero) is 1. The average molecular weight is 165 g/mol. The van der Waals surface area contributed by atoms with E-state index in [1.165, 1.54) is 0 Å². The minimum absolute atomic E-state index is 0.0142. The summed E-state index contributed by atoms with van der Waals surface area (Å²) in [4.78, 5) is 11.5. The zero-order valence-corrected chi connectivity index (χ0v) is 7.63. The van der Waals surface area contributed by atoms with E-state index in [0.717, 1.165) is 18.4 Å². The number of hydrogen-bond acceptors (Lipinski definition) is 2. The Kier molecular flexibility index (Phi) is 2.69. The minimum Gasteiger partial charge on any atom is -0.396 e. The number of carbonyl (C=O) groups is 1. The first-order valence-corrected chi connectivity index (χ1v) is 4.41. The van der Waals surface area contributed by atoms with Gasteiger partial charge in [0, 0.05) is 5.92 Å². The highest BCUT2D eigenvalue weighted by molar-refractivity contribution is 5.99. The Morgan fingerprint density at radius 1 is 1.50 bits per heavy atom. The van der Waals surface area contributed by atoms with Crippen molar-refractivity contribution in [2.45, 2.75) is 26.7 Å². The van der Waals surface area contributed by atoms with Crippen LogP contribution in [0.2, 0.25) is 0 Å². The van der Waals surface area contributed by atoms with Crippen molar-refractivity contribution < 1.29 is 4.79 Å². The molecule has 0 saturated carbocycles. The fourth-order valence-electron chi connectivity index (χ4n) is 1.40. The molecule has 2 heteroatoms. The molecule has 0 amide bonds. The van der Waals surface area contributed by atoms with Gasteiger partial charge in [-0.05, 0) is 18.4 Å². The van der Waals surface area contributed by atoms with E-state index < -0.39 is 0 Å². The first-order chi connectivity index (χ1) is 5.70. The summed E-state index contributed by atoms with van der Waals surface area (Å²) < 4.78 is 0. The fourth-order valence-corrected chi connectivity index (χ4v) is 1.40. The summed E-state index contributed by atoms with van der Waals surface area (Å²) >= 11 is 0. The van der Waals surface area contributed by atoms with Gasteiger partial charge in [-0.25, -0.2) is 0 Å². The van der Waals surface area contributed by atoms with Crippen molar-refractivity contribution >= 4 is 5.78 Å². The van der Waals surface area contributed by atoms with Gasteiger partial charge in [-0.2, -0.15) is 0 Å². The zero-order valence-electron chi connectivity index (χ0n) is 7.63. The molecule has 12 heavy (non-hydrogen) atoms. The van der Waals surface area contributed by atoms with Gasteiger partial charge >= 0.3 is 0 Å². The van der Waals surface area contributed by atoms with Crippen molar-refractivity contribution in [3.63, 3.8) is 0 Å². The van der Waals surface area contributed by atoms with Crippen LogP contribution in [0.5, 0.6) is 0 Å². The van der Waals surface area contributed by atoms with E-state index in [1.807, 2.05) is 26.0 Å². The normalized spacial score (nSPS) is 23.5. The molecule has 2 N–H and O–H groups in total. The van der Waals surface area contributed by atoms with Gasteiger partial charge in [-0.15, -0.1) is 0 Å². The molecule has 1 aliphatic carbocycles. The number of ketones is 1. The largest absolute Gasteiger partial charge is 0.396 e. The second kappa shape index (κ2) is 3.57. The number of nitrogens with two attached hydrogens (primary N) is 1. The van der Waals surface area contributed by atoms with Crippen LogP contribution in [0.1, 0.15) is 26.7 Å². The molecule has 2 nitrogen and oxygen atoms in total. The second-order valence-corrected chi connectivity index (χ2v) is 3.03. The van der Waals surface area contributed by atoms with Crippen molar-refractivity contribution in [2.24, 2.45) is 11.7 Å². The van der Waals surface area contributed by atoms with E-state index in [-0.39, 0.29) is 11.7 Å². The molecular formula is C10H15NO. The van der Waals surface area contributed by atoms with Gasteiger partial charge in [0.15, 0.2) is 5.78 Å². The maximum Gasteiger partial charge on any atom is 0.185 e. The third kappa shape index (κ3) is 1.42. The lowest BCUT2D eigenvalue weighted by atomic mass is 9.90. The van der Waals surface area contributed by atoms with Gasteiger partial charge in [0.2, 0.25) is 0 Å². The fraction of sp³-hybridized carbons (Fsp3) is 0.500. The van der Waals surface area contributed by atoms with E-state index in [1.54, 1.807) is 0 Å². The minimum atomic E-state index is 0.0142. The molecule has 0 aromatic heterocycles.